The molecule has 18 heavy (non-hydrogen) atoms. The molecule has 100 valence electrons. The summed E-state index contributed by atoms with van der Waals surface area (Å²) in [6.07, 6.45) is -0.0884. The highest BCUT2D eigenvalue weighted by Gasteiger charge is 2.37. The van der Waals surface area contributed by atoms with E-state index in [4.69, 9.17) is 9.47 Å². The highest BCUT2D eigenvalue weighted by molar-refractivity contribution is 5.14. The molecular weight excluding hydrogens is 226 g/mol. The molecule has 1 saturated heterocycles. The van der Waals surface area contributed by atoms with Crippen molar-refractivity contribution >= 4 is 0 Å². The summed E-state index contributed by atoms with van der Waals surface area (Å²) >= 11 is 0. The van der Waals surface area contributed by atoms with Gasteiger partial charge in [0.25, 0.3) is 0 Å². The fourth-order valence-corrected chi connectivity index (χ4v) is 2.46. The van der Waals surface area contributed by atoms with Crippen molar-refractivity contribution in [1.82, 2.24) is 4.90 Å². The third-order valence-corrected chi connectivity index (χ3v) is 3.24. The first-order chi connectivity index (χ1) is 8.62. The van der Waals surface area contributed by atoms with Crippen LogP contribution >= 0.6 is 0 Å². The first kappa shape index (κ1) is 13.5. The molecule has 1 aromatic rings. The molecule has 1 aliphatic rings. The van der Waals surface area contributed by atoms with E-state index >= 15 is 0 Å². The second-order valence-electron chi connectivity index (χ2n) is 5.54. The standard InChI is InChI=1S/C15H23NO2/c1-4-17-14-15(2,3)11-16(12-18-14)10-13-8-6-5-7-9-13/h5-9,14H,4,10-12H2,1-3H3. The summed E-state index contributed by atoms with van der Waals surface area (Å²) in [7, 11) is 0. The van der Waals surface area contributed by atoms with Crippen molar-refractivity contribution in [3.8, 4) is 0 Å². The van der Waals surface area contributed by atoms with Gasteiger partial charge in [-0.1, -0.05) is 44.2 Å². The SMILES string of the molecule is CCOC1OCN(Cc2ccccc2)CC1(C)C. The largest absolute Gasteiger partial charge is 0.352 e. The Morgan fingerprint density at radius 3 is 2.67 bits per heavy atom. The molecule has 1 unspecified atom stereocenters. The van der Waals surface area contributed by atoms with E-state index in [1.54, 1.807) is 0 Å². The fraction of sp³-hybridized carbons (Fsp3) is 0.600. The van der Waals surface area contributed by atoms with Crippen molar-refractivity contribution in [2.24, 2.45) is 5.41 Å². The van der Waals surface area contributed by atoms with Gasteiger partial charge in [0.2, 0.25) is 0 Å². The summed E-state index contributed by atoms with van der Waals surface area (Å²) < 4.78 is 11.5. The quantitative estimate of drug-likeness (QED) is 0.819. The van der Waals surface area contributed by atoms with Crippen LogP contribution in [0.15, 0.2) is 30.3 Å². The van der Waals surface area contributed by atoms with Crippen molar-refractivity contribution in [2.45, 2.75) is 33.6 Å². The normalized spacial score (nSPS) is 24.1. The lowest BCUT2D eigenvalue weighted by molar-refractivity contribution is -0.253. The van der Waals surface area contributed by atoms with Crippen molar-refractivity contribution in [3.05, 3.63) is 35.9 Å². The van der Waals surface area contributed by atoms with E-state index in [2.05, 4.69) is 43.0 Å². The molecule has 0 spiro atoms. The molecule has 3 heteroatoms. The zero-order valence-corrected chi connectivity index (χ0v) is 11.6. The van der Waals surface area contributed by atoms with Crippen molar-refractivity contribution in [3.63, 3.8) is 0 Å². The van der Waals surface area contributed by atoms with Gasteiger partial charge in [0.1, 0.15) is 6.73 Å². The second-order valence-corrected chi connectivity index (χ2v) is 5.54. The van der Waals surface area contributed by atoms with Gasteiger partial charge in [0, 0.05) is 25.1 Å². The van der Waals surface area contributed by atoms with E-state index in [1.165, 1.54) is 5.56 Å². The van der Waals surface area contributed by atoms with Crippen LogP contribution in [0.25, 0.3) is 0 Å². The van der Waals surface area contributed by atoms with Gasteiger partial charge in [0.15, 0.2) is 6.29 Å². The Kier molecular flexibility index (Phi) is 4.38. The summed E-state index contributed by atoms with van der Waals surface area (Å²) in [5.74, 6) is 0. The molecule has 2 rings (SSSR count). The number of ether oxygens (including phenoxy) is 2. The Labute approximate surface area is 110 Å². The molecule has 1 aliphatic heterocycles. The molecule has 1 atom stereocenters. The van der Waals surface area contributed by atoms with Crippen LogP contribution in [0.5, 0.6) is 0 Å². The Morgan fingerprint density at radius 1 is 1.33 bits per heavy atom. The highest BCUT2D eigenvalue weighted by Crippen LogP contribution is 2.30. The lowest BCUT2D eigenvalue weighted by atomic mass is 9.90. The van der Waals surface area contributed by atoms with Gasteiger partial charge in [-0.05, 0) is 12.5 Å². The van der Waals surface area contributed by atoms with Gasteiger partial charge < -0.3 is 9.47 Å². The summed E-state index contributed by atoms with van der Waals surface area (Å²) in [6, 6.07) is 10.5. The first-order valence-electron chi connectivity index (χ1n) is 6.61. The molecule has 0 amide bonds. The number of rotatable bonds is 4. The molecule has 0 N–H and O–H groups in total. The molecule has 0 aliphatic carbocycles. The molecule has 1 fully saturated rings. The predicted molar refractivity (Wildman–Crippen MR) is 72.0 cm³/mol. The number of hydrogen-bond acceptors (Lipinski definition) is 3. The molecule has 0 bridgehead atoms. The number of hydrogen-bond donors (Lipinski definition) is 0. The van der Waals surface area contributed by atoms with Gasteiger partial charge in [-0.25, -0.2) is 0 Å². The molecular formula is C15H23NO2. The third-order valence-electron chi connectivity index (χ3n) is 3.24. The molecule has 0 aromatic heterocycles. The third kappa shape index (κ3) is 3.31. The van der Waals surface area contributed by atoms with Gasteiger partial charge >= 0.3 is 0 Å². The molecule has 3 nitrogen and oxygen atoms in total. The zero-order chi connectivity index (χ0) is 13.0. The average molecular weight is 249 g/mol. The average Bonchev–Trinajstić information content (AvgIpc) is 2.33. The van der Waals surface area contributed by atoms with E-state index in [9.17, 15) is 0 Å². The predicted octanol–water partition coefficient (Wildman–Crippen LogP) is 2.87. The van der Waals surface area contributed by atoms with E-state index in [-0.39, 0.29) is 11.7 Å². The molecule has 1 aromatic carbocycles. The Balaban J connectivity index is 1.94. The Hall–Kier alpha value is -0.900. The summed E-state index contributed by atoms with van der Waals surface area (Å²) in [5.41, 5.74) is 1.36. The monoisotopic (exact) mass is 249 g/mol. The molecule has 1 heterocycles. The van der Waals surface area contributed by atoms with E-state index in [1.807, 2.05) is 13.0 Å². The second kappa shape index (κ2) is 5.83. The minimum atomic E-state index is -0.0884. The minimum Gasteiger partial charge on any atom is -0.352 e. The Bertz CT molecular complexity index is 364. The smallest absolute Gasteiger partial charge is 0.165 e. The van der Waals surface area contributed by atoms with Crippen LogP contribution in [0.2, 0.25) is 0 Å². The number of benzene rings is 1. The van der Waals surface area contributed by atoms with Crippen LogP contribution in [-0.4, -0.2) is 31.1 Å². The van der Waals surface area contributed by atoms with Crippen LogP contribution in [-0.2, 0) is 16.0 Å². The van der Waals surface area contributed by atoms with Gasteiger partial charge in [-0.3, -0.25) is 4.90 Å². The summed E-state index contributed by atoms with van der Waals surface area (Å²) in [4.78, 5) is 2.32. The van der Waals surface area contributed by atoms with Gasteiger partial charge in [-0.15, -0.1) is 0 Å². The molecule has 0 radical (unpaired) electrons. The Morgan fingerprint density at radius 2 is 2.06 bits per heavy atom. The van der Waals surface area contributed by atoms with Crippen molar-refractivity contribution < 1.29 is 9.47 Å². The maximum Gasteiger partial charge on any atom is 0.165 e. The maximum atomic E-state index is 5.82. The molecule has 0 saturated carbocycles. The maximum absolute atomic E-state index is 5.82. The van der Waals surface area contributed by atoms with E-state index in [0.717, 1.165) is 13.1 Å². The van der Waals surface area contributed by atoms with Crippen molar-refractivity contribution in [1.29, 1.82) is 0 Å². The number of nitrogens with zero attached hydrogens (tertiary/aromatic N) is 1. The lowest BCUT2D eigenvalue weighted by Gasteiger charge is -2.43. The van der Waals surface area contributed by atoms with Crippen molar-refractivity contribution in [2.75, 3.05) is 19.9 Å². The fourth-order valence-electron chi connectivity index (χ4n) is 2.46. The minimum absolute atomic E-state index is 0.0308. The van der Waals surface area contributed by atoms with Crippen LogP contribution in [0.4, 0.5) is 0 Å². The zero-order valence-electron chi connectivity index (χ0n) is 11.6. The summed E-state index contributed by atoms with van der Waals surface area (Å²) in [5, 5.41) is 0. The van der Waals surface area contributed by atoms with Crippen LogP contribution in [0, 0.1) is 5.41 Å². The van der Waals surface area contributed by atoms with Gasteiger partial charge in [0.05, 0.1) is 0 Å². The van der Waals surface area contributed by atoms with Crippen LogP contribution < -0.4 is 0 Å². The highest BCUT2D eigenvalue weighted by atomic mass is 16.7. The first-order valence-corrected chi connectivity index (χ1v) is 6.61. The summed E-state index contributed by atoms with van der Waals surface area (Å²) in [6.45, 7) is 9.68. The van der Waals surface area contributed by atoms with E-state index < -0.39 is 0 Å². The topological polar surface area (TPSA) is 21.7 Å². The van der Waals surface area contributed by atoms with Gasteiger partial charge in [-0.2, -0.15) is 0 Å². The van der Waals surface area contributed by atoms with E-state index in [0.29, 0.717) is 13.3 Å². The van der Waals surface area contributed by atoms with Crippen LogP contribution in [0.3, 0.4) is 0 Å². The lowest BCUT2D eigenvalue weighted by Crippen LogP contribution is -2.50. The van der Waals surface area contributed by atoms with Crippen LogP contribution in [0.1, 0.15) is 26.3 Å².